The minimum absolute atomic E-state index is 0.316. The van der Waals surface area contributed by atoms with E-state index in [2.05, 4.69) is 10.6 Å². The molecule has 6 nitrogen and oxygen atoms in total. The standard InChI is InChI=1S/C19H26FN3O3/c1-3-5-11-19(14-7-9-15(20)10-8-14)17(25)23(18(26)22-19)13-16(24)21-12-6-4-2/h7-10H,3-6,11-13H2,1-2H3,(H,21,24)(H,22,26)/t19-/m1/s1. The molecule has 1 aliphatic heterocycles. The molecule has 1 aliphatic rings. The SMILES string of the molecule is CCCCNC(=O)CN1C(=O)N[C@](CCCC)(c2ccc(F)cc2)C1=O. The van der Waals surface area contributed by atoms with Gasteiger partial charge in [-0.15, -0.1) is 0 Å². The molecule has 0 unspecified atom stereocenters. The molecule has 0 aliphatic carbocycles. The summed E-state index contributed by atoms with van der Waals surface area (Å²) < 4.78 is 13.3. The average molecular weight is 363 g/mol. The number of unbranched alkanes of at least 4 members (excludes halogenated alkanes) is 2. The zero-order chi connectivity index (χ0) is 19.2. The Bertz CT molecular complexity index is 662. The number of benzene rings is 1. The Labute approximate surface area is 153 Å². The number of carbonyl (C=O) groups is 3. The highest BCUT2D eigenvalue weighted by Crippen LogP contribution is 2.34. The van der Waals surface area contributed by atoms with Crippen LogP contribution in [0.25, 0.3) is 0 Å². The van der Waals surface area contributed by atoms with Gasteiger partial charge in [-0.25, -0.2) is 9.18 Å². The molecule has 1 aromatic carbocycles. The fourth-order valence-electron chi connectivity index (χ4n) is 3.06. The number of nitrogens with one attached hydrogen (secondary N) is 2. The van der Waals surface area contributed by atoms with Crippen LogP contribution in [-0.4, -0.2) is 35.8 Å². The summed E-state index contributed by atoms with van der Waals surface area (Å²) in [5, 5.41) is 5.45. The van der Waals surface area contributed by atoms with Gasteiger partial charge in [0.2, 0.25) is 5.91 Å². The molecule has 26 heavy (non-hydrogen) atoms. The molecule has 0 bridgehead atoms. The number of hydrogen-bond acceptors (Lipinski definition) is 3. The van der Waals surface area contributed by atoms with Crippen molar-refractivity contribution >= 4 is 17.8 Å². The molecule has 1 fully saturated rings. The van der Waals surface area contributed by atoms with Crippen LogP contribution in [0.2, 0.25) is 0 Å². The Morgan fingerprint density at radius 3 is 2.42 bits per heavy atom. The number of halogens is 1. The topological polar surface area (TPSA) is 78.5 Å². The molecule has 2 N–H and O–H groups in total. The van der Waals surface area contributed by atoms with Gasteiger partial charge in [-0.05, 0) is 30.5 Å². The summed E-state index contributed by atoms with van der Waals surface area (Å²) in [6.45, 7) is 4.19. The van der Waals surface area contributed by atoms with Gasteiger partial charge in [0.1, 0.15) is 17.9 Å². The van der Waals surface area contributed by atoms with Crippen LogP contribution in [0.4, 0.5) is 9.18 Å². The largest absolute Gasteiger partial charge is 0.355 e. The van der Waals surface area contributed by atoms with E-state index in [9.17, 15) is 18.8 Å². The maximum atomic E-state index is 13.3. The summed E-state index contributed by atoms with van der Waals surface area (Å²) in [5.74, 6) is -1.25. The van der Waals surface area contributed by atoms with E-state index in [1.54, 1.807) is 0 Å². The summed E-state index contributed by atoms with van der Waals surface area (Å²) in [4.78, 5) is 38.5. The molecule has 0 aromatic heterocycles. The van der Waals surface area contributed by atoms with Gasteiger partial charge in [-0.2, -0.15) is 0 Å². The molecule has 142 valence electrons. The second kappa shape index (κ2) is 8.78. The van der Waals surface area contributed by atoms with Crippen molar-refractivity contribution in [2.45, 2.75) is 51.5 Å². The lowest BCUT2D eigenvalue weighted by Crippen LogP contribution is -2.45. The quantitative estimate of drug-likeness (QED) is 0.523. The number of rotatable bonds is 9. The monoisotopic (exact) mass is 363 g/mol. The third-order valence-electron chi connectivity index (χ3n) is 4.57. The van der Waals surface area contributed by atoms with Crippen molar-refractivity contribution in [2.24, 2.45) is 0 Å². The molecule has 0 saturated carbocycles. The fraction of sp³-hybridized carbons (Fsp3) is 0.526. The van der Waals surface area contributed by atoms with Crippen LogP contribution >= 0.6 is 0 Å². The summed E-state index contributed by atoms with van der Waals surface area (Å²) in [7, 11) is 0. The summed E-state index contributed by atoms with van der Waals surface area (Å²) in [6.07, 6.45) is 3.72. The Kier molecular flexibility index (Phi) is 6.71. The summed E-state index contributed by atoms with van der Waals surface area (Å²) in [5.41, 5.74) is -0.718. The van der Waals surface area contributed by atoms with E-state index < -0.39 is 23.3 Å². The minimum atomic E-state index is -1.25. The van der Waals surface area contributed by atoms with Crippen LogP contribution in [0.1, 0.15) is 51.5 Å². The van der Waals surface area contributed by atoms with Crippen LogP contribution < -0.4 is 10.6 Å². The predicted molar refractivity (Wildman–Crippen MR) is 95.8 cm³/mol. The van der Waals surface area contributed by atoms with E-state index >= 15 is 0 Å². The first-order valence-electron chi connectivity index (χ1n) is 9.11. The summed E-state index contributed by atoms with van der Waals surface area (Å²) in [6, 6.07) is 4.95. The van der Waals surface area contributed by atoms with Gasteiger partial charge < -0.3 is 10.6 Å². The van der Waals surface area contributed by atoms with Crippen molar-refractivity contribution in [3.05, 3.63) is 35.6 Å². The summed E-state index contributed by atoms with van der Waals surface area (Å²) >= 11 is 0. The van der Waals surface area contributed by atoms with Crippen molar-refractivity contribution in [1.29, 1.82) is 0 Å². The predicted octanol–water partition coefficient (Wildman–Crippen LogP) is 2.68. The molecule has 0 radical (unpaired) electrons. The molecule has 4 amide bonds. The number of carbonyl (C=O) groups excluding carboxylic acids is 3. The van der Waals surface area contributed by atoms with Gasteiger partial charge in [0, 0.05) is 6.54 Å². The Morgan fingerprint density at radius 1 is 1.15 bits per heavy atom. The number of nitrogens with zero attached hydrogens (tertiary/aromatic N) is 1. The van der Waals surface area contributed by atoms with Crippen LogP contribution in [0.3, 0.4) is 0 Å². The number of urea groups is 1. The van der Waals surface area contributed by atoms with Crippen LogP contribution in [0.5, 0.6) is 0 Å². The maximum absolute atomic E-state index is 13.3. The van der Waals surface area contributed by atoms with Gasteiger partial charge in [0.05, 0.1) is 0 Å². The number of imide groups is 1. The van der Waals surface area contributed by atoms with Gasteiger partial charge in [0.25, 0.3) is 5.91 Å². The second-order valence-corrected chi connectivity index (χ2v) is 6.54. The van der Waals surface area contributed by atoms with Crippen LogP contribution in [0, 0.1) is 5.82 Å². The highest BCUT2D eigenvalue weighted by atomic mass is 19.1. The molecular formula is C19H26FN3O3. The van der Waals surface area contributed by atoms with E-state index in [-0.39, 0.29) is 12.5 Å². The Hall–Kier alpha value is -2.44. The van der Waals surface area contributed by atoms with Gasteiger partial charge in [-0.1, -0.05) is 45.2 Å². The normalized spacial score (nSPS) is 19.6. The first kappa shape index (κ1) is 19.9. The van der Waals surface area contributed by atoms with Gasteiger partial charge in [-0.3, -0.25) is 14.5 Å². The highest BCUT2D eigenvalue weighted by Gasteiger charge is 2.52. The third-order valence-corrected chi connectivity index (χ3v) is 4.57. The van der Waals surface area contributed by atoms with Crippen molar-refractivity contribution in [1.82, 2.24) is 15.5 Å². The van der Waals surface area contributed by atoms with Gasteiger partial charge >= 0.3 is 6.03 Å². The van der Waals surface area contributed by atoms with Crippen molar-refractivity contribution in [2.75, 3.05) is 13.1 Å². The number of hydrogen-bond donors (Lipinski definition) is 2. The Balaban J connectivity index is 2.22. The molecule has 1 heterocycles. The van der Waals surface area contributed by atoms with Gasteiger partial charge in [0.15, 0.2) is 0 Å². The molecule has 0 spiro atoms. The lowest BCUT2D eigenvalue weighted by Gasteiger charge is -2.27. The molecule has 1 aromatic rings. The number of amides is 4. The second-order valence-electron chi connectivity index (χ2n) is 6.54. The smallest absolute Gasteiger partial charge is 0.325 e. The van der Waals surface area contributed by atoms with Crippen molar-refractivity contribution in [3.63, 3.8) is 0 Å². The molecule has 1 atom stereocenters. The first-order valence-corrected chi connectivity index (χ1v) is 9.11. The van der Waals surface area contributed by atoms with E-state index in [0.717, 1.165) is 24.2 Å². The lowest BCUT2D eigenvalue weighted by atomic mass is 9.85. The molecular weight excluding hydrogens is 337 g/mol. The molecule has 1 saturated heterocycles. The maximum Gasteiger partial charge on any atom is 0.325 e. The van der Waals surface area contributed by atoms with E-state index in [1.165, 1.54) is 24.3 Å². The third kappa shape index (κ3) is 4.20. The van der Waals surface area contributed by atoms with Crippen LogP contribution in [0.15, 0.2) is 24.3 Å². The van der Waals surface area contributed by atoms with Crippen LogP contribution in [-0.2, 0) is 15.1 Å². The van der Waals surface area contributed by atoms with E-state index in [1.807, 2.05) is 13.8 Å². The lowest BCUT2D eigenvalue weighted by molar-refractivity contribution is -0.135. The Morgan fingerprint density at radius 2 is 1.81 bits per heavy atom. The zero-order valence-electron chi connectivity index (χ0n) is 15.3. The van der Waals surface area contributed by atoms with Crippen molar-refractivity contribution in [3.8, 4) is 0 Å². The highest BCUT2D eigenvalue weighted by molar-refractivity contribution is 6.09. The first-order chi connectivity index (χ1) is 12.4. The zero-order valence-corrected chi connectivity index (χ0v) is 15.3. The van der Waals surface area contributed by atoms with E-state index in [4.69, 9.17) is 0 Å². The van der Waals surface area contributed by atoms with E-state index in [0.29, 0.717) is 24.9 Å². The molecule has 7 heteroatoms. The van der Waals surface area contributed by atoms with Crippen molar-refractivity contribution < 1.29 is 18.8 Å². The molecule has 2 rings (SSSR count). The fourth-order valence-corrected chi connectivity index (χ4v) is 3.06. The minimum Gasteiger partial charge on any atom is -0.355 e. The average Bonchev–Trinajstić information content (AvgIpc) is 2.86.